The van der Waals surface area contributed by atoms with Gasteiger partial charge in [-0.2, -0.15) is 0 Å². The third-order valence-corrected chi connectivity index (χ3v) is 1.18. The minimum Gasteiger partial charge on any atom is -0.396 e. The molecule has 1 atom stereocenters. The van der Waals surface area contributed by atoms with Crippen LogP contribution in [0.3, 0.4) is 0 Å². The van der Waals surface area contributed by atoms with Crippen molar-refractivity contribution in [1.82, 2.24) is 0 Å². The largest absolute Gasteiger partial charge is 0.396 e. The Hall–Kier alpha value is -0.380. The minimum absolute atomic E-state index is 0.299. The summed E-state index contributed by atoms with van der Waals surface area (Å²) in [7, 11) is 0. The Morgan fingerprint density at radius 1 is 1.67 bits per heavy atom. The van der Waals surface area contributed by atoms with Gasteiger partial charge in [0, 0.05) is 0 Å². The second kappa shape index (κ2) is 2.96. The molecule has 0 aliphatic rings. The lowest BCUT2D eigenvalue weighted by atomic mass is 10.0. The zero-order valence-corrected chi connectivity index (χ0v) is 5.41. The molecular weight excluding hydrogens is 120 g/mol. The normalized spacial score (nSPS) is 15.1. The van der Waals surface area contributed by atoms with E-state index in [1.807, 2.05) is 0 Å². The molecule has 0 saturated heterocycles. The molecule has 0 aromatic heterocycles. The van der Waals surface area contributed by atoms with Crippen molar-refractivity contribution in [2.45, 2.75) is 12.7 Å². The average Bonchev–Trinajstić information content (AvgIpc) is 1.65. The topological polar surface area (TPSA) is 60.7 Å². The van der Waals surface area contributed by atoms with E-state index < -0.39 is 11.7 Å². The molecule has 0 aliphatic carbocycles. The quantitative estimate of drug-likeness (QED) is 0.358. The average molecular weight is 132 g/mol. The van der Waals surface area contributed by atoms with E-state index in [0.717, 1.165) is 0 Å². The predicted molar refractivity (Wildman–Crippen MR) is 33.6 cm³/mol. The lowest BCUT2D eigenvalue weighted by Gasteiger charge is -2.22. The summed E-state index contributed by atoms with van der Waals surface area (Å²) >= 11 is 0. The van der Waals surface area contributed by atoms with Crippen molar-refractivity contribution in [2.24, 2.45) is 5.92 Å². The first-order valence-electron chi connectivity index (χ1n) is 2.70. The SMILES string of the molecule is C=CC(CO)C(C)(O)O. The molecule has 0 rings (SSSR count). The van der Waals surface area contributed by atoms with Gasteiger partial charge in [-0.1, -0.05) is 6.08 Å². The standard InChI is InChI=1S/C6H12O3/c1-3-5(4-7)6(2,8)9/h3,5,7-9H,1,4H2,2H3. The van der Waals surface area contributed by atoms with E-state index in [9.17, 15) is 0 Å². The third kappa shape index (κ3) is 2.60. The van der Waals surface area contributed by atoms with Crippen LogP contribution in [-0.4, -0.2) is 27.7 Å². The lowest BCUT2D eigenvalue weighted by molar-refractivity contribution is -0.180. The van der Waals surface area contributed by atoms with Crippen LogP contribution in [-0.2, 0) is 0 Å². The molecule has 0 radical (unpaired) electrons. The molecule has 0 bridgehead atoms. The molecule has 54 valence electrons. The van der Waals surface area contributed by atoms with Crippen LogP contribution in [0, 0.1) is 5.92 Å². The highest BCUT2D eigenvalue weighted by Crippen LogP contribution is 2.12. The second-order valence-electron chi connectivity index (χ2n) is 2.12. The summed E-state index contributed by atoms with van der Waals surface area (Å²) in [5.41, 5.74) is 0. The van der Waals surface area contributed by atoms with Gasteiger partial charge < -0.3 is 15.3 Å². The first-order valence-corrected chi connectivity index (χ1v) is 2.70. The van der Waals surface area contributed by atoms with Gasteiger partial charge in [-0.15, -0.1) is 6.58 Å². The summed E-state index contributed by atoms with van der Waals surface area (Å²) in [6.07, 6.45) is 1.31. The molecule has 0 spiro atoms. The van der Waals surface area contributed by atoms with Gasteiger partial charge in [0.25, 0.3) is 0 Å². The number of hydrogen-bond donors (Lipinski definition) is 3. The summed E-state index contributed by atoms with van der Waals surface area (Å²) in [5.74, 6) is -2.52. The molecule has 3 N–H and O–H groups in total. The van der Waals surface area contributed by atoms with Gasteiger partial charge in [0.05, 0.1) is 12.5 Å². The van der Waals surface area contributed by atoms with Gasteiger partial charge in [0.2, 0.25) is 0 Å². The maximum absolute atomic E-state index is 8.80. The number of rotatable bonds is 3. The number of aliphatic hydroxyl groups excluding tert-OH is 1. The summed E-state index contributed by atoms with van der Waals surface area (Å²) < 4.78 is 0. The van der Waals surface area contributed by atoms with E-state index in [1.54, 1.807) is 0 Å². The van der Waals surface area contributed by atoms with Crippen molar-refractivity contribution in [3.8, 4) is 0 Å². The van der Waals surface area contributed by atoms with Gasteiger partial charge in [-0.05, 0) is 6.92 Å². The van der Waals surface area contributed by atoms with E-state index in [4.69, 9.17) is 15.3 Å². The van der Waals surface area contributed by atoms with Gasteiger partial charge in [-0.3, -0.25) is 0 Å². The predicted octanol–water partition coefficient (Wildman–Crippen LogP) is -0.518. The maximum atomic E-state index is 8.80. The first kappa shape index (κ1) is 8.62. The summed E-state index contributed by atoms with van der Waals surface area (Å²) in [6.45, 7) is 4.22. The van der Waals surface area contributed by atoms with Crippen molar-refractivity contribution in [3.05, 3.63) is 12.7 Å². The molecule has 0 aromatic carbocycles. The first-order chi connectivity index (χ1) is 4.02. The molecule has 0 saturated carbocycles. The Balaban J connectivity index is 3.94. The molecule has 0 amide bonds. The third-order valence-electron chi connectivity index (χ3n) is 1.18. The monoisotopic (exact) mass is 132 g/mol. The fraction of sp³-hybridized carbons (Fsp3) is 0.667. The smallest absolute Gasteiger partial charge is 0.168 e. The molecule has 0 heterocycles. The van der Waals surface area contributed by atoms with Gasteiger partial charge in [0.15, 0.2) is 5.79 Å². The van der Waals surface area contributed by atoms with Crippen LogP contribution < -0.4 is 0 Å². The Labute approximate surface area is 54.3 Å². The van der Waals surface area contributed by atoms with Crippen LogP contribution in [0.4, 0.5) is 0 Å². The lowest BCUT2D eigenvalue weighted by Crippen LogP contribution is -2.34. The van der Waals surface area contributed by atoms with Crippen molar-refractivity contribution >= 4 is 0 Å². The Morgan fingerprint density at radius 2 is 2.11 bits per heavy atom. The molecule has 3 nitrogen and oxygen atoms in total. The van der Waals surface area contributed by atoms with Gasteiger partial charge in [-0.25, -0.2) is 0 Å². The van der Waals surface area contributed by atoms with E-state index in [0.29, 0.717) is 0 Å². The van der Waals surface area contributed by atoms with Crippen molar-refractivity contribution in [1.29, 1.82) is 0 Å². The van der Waals surface area contributed by atoms with Crippen LogP contribution in [0.2, 0.25) is 0 Å². The van der Waals surface area contributed by atoms with Crippen molar-refractivity contribution in [3.63, 3.8) is 0 Å². The molecule has 3 heteroatoms. The van der Waals surface area contributed by atoms with E-state index in [1.165, 1.54) is 13.0 Å². The summed E-state index contributed by atoms with van der Waals surface area (Å²) in [4.78, 5) is 0. The fourth-order valence-electron chi connectivity index (χ4n) is 0.471. The van der Waals surface area contributed by atoms with Crippen LogP contribution in [0.5, 0.6) is 0 Å². The maximum Gasteiger partial charge on any atom is 0.168 e. The zero-order chi connectivity index (χ0) is 7.49. The van der Waals surface area contributed by atoms with Crippen LogP contribution in [0.1, 0.15) is 6.92 Å². The minimum atomic E-state index is -1.85. The van der Waals surface area contributed by atoms with Gasteiger partial charge in [0.1, 0.15) is 0 Å². The highest BCUT2D eigenvalue weighted by Gasteiger charge is 2.24. The molecular formula is C6H12O3. The van der Waals surface area contributed by atoms with E-state index in [-0.39, 0.29) is 6.61 Å². The second-order valence-corrected chi connectivity index (χ2v) is 2.12. The Bertz CT molecular complexity index is 93.0. The molecule has 9 heavy (non-hydrogen) atoms. The fourth-order valence-corrected chi connectivity index (χ4v) is 0.471. The molecule has 0 aliphatic heterocycles. The molecule has 0 fully saturated rings. The van der Waals surface area contributed by atoms with Crippen molar-refractivity contribution in [2.75, 3.05) is 6.61 Å². The number of aliphatic hydroxyl groups is 3. The van der Waals surface area contributed by atoms with Crippen LogP contribution in [0.25, 0.3) is 0 Å². The van der Waals surface area contributed by atoms with Crippen LogP contribution in [0.15, 0.2) is 12.7 Å². The summed E-state index contributed by atoms with van der Waals surface area (Å²) in [6, 6.07) is 0. The van der Waals surface area contributed by atoms with E-state index in [2.05, 4.69) is 6.58 Å². The Kier molecular flexibility index (Phi) is 2.84. The Morgan fingerprint density at radius 3 is 2.11 bits per heavy atom. The highest BCUT2D eigenvalue weighted by atomic mass is 16.5. The zero-order valence-electron chi connectivity index (χ0n) is 5.41. The number of hydrogen-bond acceptors (Lipinski definition) is 3. The van der Waals surface area contributed by atoms with Crippen LogP contribution >= 0.6 is 0 Å². The van der Waals surface area contributed by atoms with E-state index >= 15 is 0 Å². The van der Waals surface area contributed by atoms with Gasteiger partial charge >= 0.3 is 0 Å². The highest BCUT2D eigenvalue weighted by molar-refractivity contribution is 4.85. The molecule has 1 unspecified atom stereocenters. The molecule has 0 aromatic rings. The van der Waals surface area contributed by atoms with Crippen molar-refractivity contribution < 1.29 is 15.3 Å². The summed E-state index contributed by atoms with van der Waals surface area (Å²) in [5, 5.41) is 26.1.